The van der Waals surface area contributed by atoms with E-state index in [1.54, 1.807) is 0 Å². The van der Waals surface area contributed by atoms with Crippen LogP contribution in [0.3, 0.4) is 0 Å². The van der Waals surface area contributed by atoms with Gasteiger partial charge in [-0.1, -0.05) is 27.2 Å². The molecule has 0 amide bonds. The van der Waals surface area contributed by atoms with Gasteiger partial charge in [-0.2, -0.15) is 5.48 Å². The first kappa shape index (κ1) is 16.2. The predicted octanol–water partition coefficient (Wildman–Crippen LogP) is 2.04. The number of carbonyl (C=O) groups is 2. The van der Waals surface area contributed by atoms with Crippen molar-refractivity contribution in [2.45, 2.75) is 64.5 Å². The van der Waals surface area contributed by atoms with E-state index in [4.69, 9.17) is 15.1 Å². The quantitative estimate of drug-likeness (QED) is 0.623. The molecule has 0 aliphatic heterocycles. The third-order valence-electron chi connectivity index (χ3n) is 5.37. The zero-order chi connectivity index (χ0) is 15.8. The topological polar surface area (TPSA) is 95.9 Å². The smallest absolute Gasteiger partial charge is 0.323 e. The first-order valence-electron chi connectivity index (χ1n) is 7.59. The molecular weight excluding hydrogens is 274 g/mol. The summed E-state index contributed by atoms with van der Waals surface area (Å²) in [6, 6.07) is -0.982. The van der Waals surface area contributed by atoms with Gasteiger partial charge in [0, 0.05) is 11.8 Å². The summed E-state index contributed by atoms with van der Waals surface area (Å²) >= 11 is 0. The van der Waals surface area contributed by atoms with E-state index in [0.29, 0.717) is 11.8 Å². The summed E-state index contributed by atoms with van der Waals surface area (Å²) in [6.07, 6.45) is 3.02. The Kier molecular flexibility index (Phi) is 4.31. The normalized spacial score (nSPS) is 34.8. The Bertz CT molecular complexity index is 436. The number of carboxylic acid groups (broad SMARTS) is 2. The lowest BCUT2D eigenvalue weighted by atomic mass is 9.88. The molecule has 2 fully saturated rings. The van der Waals surface area contributed by atoms with Crippen molar-refractivity contribution in [3.63, 3.8) is 0 Å². The summed E-state index contributed by atoms with van der Waals surface area (Å²) in [7, 11) is 0. The molecule has 4 atom stereocenters. The first-order valence-corrected chi connectivity index (χ1v) is 7.59. The molecule has 0 aromatic rings. The molecule has 0 saturated heterocycles. The second-order valence-corrected chi connectivity index (χ2v) is 7.09. The average molecular weight is 299 g/mol. The summed E-state index contributed by atoms with van der Waals surface area (Å²) < 4.78 is 0. The van der Waals surface area contributed by atoms with Crippen LogP contribution in [-0.4, -0.2) is 33.8 Å². The van der Waals surface area contributed by atoms with Gasteiger partial charge in [-0.15, -0.1) is 0 Å². The highest BCUT2D eigenvalue weighted by Gasteiger charge is 2.73. The predicted molar refractivity (Wildman–Crippen MR) is 75.5 cm³/mol. The number of hydroxylamine groups is 1. The van der Waals surface area contributed by atoms with Crippen LogP contribution in [0.4, 0.5) is 0 Å². The molecule has 0 radical (unpaired) electrons. The van der Waals surface area contributed by atoms with E-state index in [-0.39, 0.29) is 23.9 Å². The highest BCUT2D eigenvalue weighted by atomic mass is 16.7. The summed E-state index contributed by atoms with van der Waals surface area (Å²) in [5, 5.41) is 17.8. The number of aliphatic carboxylic acids is 2. The van der Waals surface area contributed by atoms with Crippen molar-refractivity contribution in [1.29, 1.82) is 0 Å². The Morgan fingerprint density at radius 2 is 2.00 bits per heavy atom. The zero-order valence-corrected chi connectivity index (χ0v) is 12.9. The molecule has 4 unspecified atom stereocenters. The third kappa shape index (κ3) is 2.92. The number of nitrogens with one attached hydrogen (secondary N) is 1. The Balaban J connectivity index is 1.96. The summed E-state index contributed by atoms with van der Waals surface area (Å²) in [6.45, 7) is 6.50. The van der Waals surface area contributed by atoms with Crippen LogP contribution >= 0.6 is 0 Å². The van der Waals surface area contributed by atoms with E-state index in [2.05, 4.69) is 26.3 Å². The van der Waals surface area contributed by atoms with E-state index in [1.807, 2.05) is 0 Å². The molecule has 0 aromatic heterocycles. The fourth-order valence-electron chi connectivity index (χ4n) is 3.92. The lowest BCUT2D eigenvalue weighted by Crippen LogP contribution is -2.43. The number of rotatable bonds is 7. The largest absolute Gasteiger partial charge is 0.481 e. The number of hydrogen-bond donors (Lipinski definition) is 3. The lowest BCUT2D eigenvalue weighted by Gasteiger charge is -2.29. The standard InChI is InChI=1S/C15H25NO5/c1-9-4-6-11-14(2,3)15(11,8-9)21-16-10(13(19)20)5-7-12(17)18/h9-11,16H,4-8H2,1-3H3,(H,17,18)(H,19,20). The molecule has 120 valence electrons. The molecule has 0 spiro atoms. The second kappa shape index (κ2) is 5.57. The first-order chi connectivity index (χ1) is 9.70. The molecule has 3 N–H and O–H groups in total. The van der Waals surface area contributed by atoms with E-state index < -0.39 is 18.0 Å². The van der Waals surface area contributed by atoms with E-state index in [9.17, 15) is 9.59 Å². The summed E-state index contributed by atoms with van der Waals surface area (Å²) in [4.78, 5) is 27.6. The van der Waals surface area contributed by atoms with Crippen molar-refractivity contribution in [2.75, 3.05) is 0 Å². The van der Waals surface area contributed by atoms with Crippen molar-refractivity contribution < 1.29 is 24.6 Å². The van der Waals surface area contributed by atoms with Gasteiger partial charge >= 0.3 is 11.9 Å². The maximum atomic E-state index is 11.2. The van der Waals surface area contributed by atoms with Crippen LogP contribution in [0.2, 0.25) is 0 Å². The monoisotopic (exact) mass is 299 g/mol. The Morgan fingerprint density at radius 1 is 1.33 bits per heavy atom. The summed E-state index contributed by atoms with van der Waals surface area (Å²) in [5.41, 5.74) is 2.38. The van der Waals surface area contributed by atoms with Gasteiger partial charge in [0.25, 0.3) is 0 Å². The minimum Gasteiger partial charge on any atom is -0.481 e. The van der Waals surface area contributed by atoms with Gasteiger partial charge in [0.2, 0.25) is 0 Å². The molecule has 2 aliphatic carbocycles. The molecule has 2 aliphatic rings. The van der Waals surface area contributed by atoms with Gasteiger partial charge in [-0.25, -0.2) is 0 Å². The van der Waals surface area contributed by atoms with Crippen LogP contribution < -0.4 is 5.48 Å². The maximum Gasteiger partial charge on any atom is 0.323 e. The SMILES string of the molecule is CC1CCC2C(C)(C)C2(ONC(CCC(=O)O)C(=O)O)C1. The average Bonchev–Trinajstić information content (AvgIpc) is 2.84. The molecule has 6 nitrogen and oxygen atoms in total. The highest BCUT2D eigenvalue weighted by molar-refractivity contribution is 5.74. The molecule has 2 saturated carbocycles. The molecule has 0 heterocycles. The van der Waals surface area contributed by atoms with Gasteiger partial charge in [-0.3, -0.25) is 14.4 Å². The van der Waals surface area contributed by atoms with Gasteiger partial charge in [-0.05, 0) is 31.1 Å². The Labute approximate surface area is 124 Å². The fraction of sp³-hybridized carbons (Fsp3) is 0.867. The van der Waals surface area contributed by atoms with Crippen LogP contribution in [0.25, 0.3) is 0 Å². The zero-order valence-electron chi connectivity index (χ0n) is 12.9. The number of hydrogen-bond acceptors (Lipinski definition) is 4. The van der Waals surface area contributed by atoms with Crippen molar-refractivity contribution in [1.82, 2.24) is 5.48 Å². The molecule has 0 aromatic carbocycles. The van der Waals surface area contributed by atoms with Crippen LogP contribution in [0, 0.1) is 17.3 Å². The molecule has 6 heteroatoms. The van der Waals surface area contributed by atoms with Crippen molar-refractivity contribution in [3.8, 4) is 0 Å². The Morgan fingerprint density at radius 3 is 2.57 bits per heavy atom. The van der Waals surface area contributed by atoms with Gasteiger partial charge < -0.3 is 10.2 Å². The van der Waals surface area contributed by atoms with E-state index in [1.165, 1.54) is 6.42 Å². The third-order valence-corrected chi connectivity index (χ3v) is 5.37. The van der Waals surface area contributed by atoms with Gasteiger partial charge in [0.05, 0.1) is 5.60 Å². The molecular formula is C15H25NO5. The minimum atomic E-state index is -1.08. The van der Waals surface area contributed by atoms with Crippen molar-refractivity contribution in [2.24, 2.45) is 17.3 Å². The lowest BCUT2D eigenvalue weighted by molar-refractivity contribution is -0.152. The van der Waals surface area contributed by atoms with Crippen LogP contribution in [0.1, 0.15) is 52.9 Å². The minimum absolute atomic E-state index is 0.0153. The second-order valence-electron chi connectivity index (χ2n) is 7.09. The number of carboxylic acids is 2. The van der Waals surface area contributed by atoms with E-state index in [0.717, 1.165) is 12.8 Å². The van der Waals surface area contributed by atoms with Crippen molar-refractivity contribution in [3.05, 3.63) is 0 Å². The molecule has 2 rings (SSSR count). The Hall–Kier alpha value is -1.14. The van der Waals surface area contributed by atoms with Crippen LogP contribution in [0.5, 0.6) is 0 Å². The highest BCUT2D eigenvalue weighted by Crippen LogP contribution is 2.70. The van der Waals surface area contributed by atoms with E-state index >= 15 is 0 Å². The van der Waals surface area contributed by atoms with Gasteiger partial charge in [0.15, 0.2) is 0 Å². The molecule has 0 bridgehead atoms. The number of fused-ring (bicyclic) bond motifs is 1. The fourth-order valence-corrected chi connectivity index (χ4v) is 3.92. The molecule has 21 heavy (non-hydrogen) atoms. The maximum absolute atomic E-state index is 11.2. The van der Waals surface area contributed by atoms with Crippen LogP contribution in [-0.2, 0) is 14.4 Å². The van der Waals surface area contributed by atoms with Crippen molar-refractivity contribution >= 4 is 11.9 Å². The van der Waals surface area contributed by atoms with Crippen LogP contribution in [0.15, 0.2) is 0 Å². The van der Waals surface area contributed by atoms with Gasteiger partial charge in [0.1, 0.15) is 6.04 Å². The summed E-state index contributed by atoms with van der Waals surface area (Å²) in [5.74, 6) is -1.07.